The Hall–Kier alpha value is -1.65. The van der Waals surface area contributed by atoms with Gasteiger partial charge in [-0.05, 0) is 19.4 Å². The van der Waals surface area contributed by atoms with Crippen LogP contribution in [0.15, 0.2) is 12.3 Å². The number of halogens is 1. The number of rotatable bonds is 5. The standard InChI is InChI=1S/C13H20FN3O/c1-5-6-9(2)17(4)13(18)11-7-10(14)8-16-12(11)15-3/h7-9H,5-6H2,1-4H3,(H,15,16). The van der Waals surface area contributed by atoms with Gasteiger partial charge in [0.15, 0.2) is 0 Å². The van der Waals surface area contributed by atoms with Crippen molar-refractivity contribution in [2.24, 2.45) is 0 Å². The zero-order valence-electron chi connectivity index (χ0n) is 11.3. The quantitative estimate of drug-likeness (QED) is 0.877. The Balaban J connectivity index is 2.98. The molecule has 0 aliphatic heterocycles. The van der Waals surface area contributed by atoms with Crippen LogP contribution in [0.2, 0.25) is 0 Å². The molecule has 0 radical (unpaired) electrons. The van der Waals surface area contributed by atoms with E-state index in [4.69, 9.17) is 0 Å². The third-order valence-electron chi connectivity index (χ3n) is 3.01. The first-order valence-corrected chi connectivity index (χ1v) is 6.11. The van der Waals surface area contributed by atoms with E-state index in [1.54, 1.807) is 19.0 Å². The molecular formula is C13H20FN3O. The molecule has 1 aromatic rings. The first-order valence-electron chi connectivity index (χ1n) is 6.11. The van der Waals surface area contributed by atoms with E-state index in [2.05, 4.69) is 17.2 Å². The second-order valence-electron chi connectivity index (χ2n) is 4.35. The zero-order chi connectivity index (χ0) is 13.7. The average molecular weight is 253 g/mol. The van der Waals surface area contributed by atoms with Crippen LogP contribution < -0.4 is 5.32 Å². The summed E-state index contributed by atoms with van der Waals surface area (Å²) in [6.07, 6.45) is 3.01. The average Bonchev–Trinajstić information content (AvgIpc) is 2.37. The van der Waals surface area contributed by atoms with Gasteiger partial charge in [0.05, 0.1) is 11.8 Å². The highest BCUT2D eigenvalue weighted by Crippen LogP contribution is 2.17. The molecule has 0 aliphatic rings. The number of carbonyl (C=O) groups is 1. The zero-order valence-corrected chi connectivity index (χ0v) is 11.3. The fraction of sp³-hybridized carbons (Fsp3) is 0.538. The summed E-state index contributed by atoms with van der Waals surface area (Å²) < 4.78 is 13.2. The SMILES string of the molecule is CCCC(C)N(C)C(=O)c1cc(F)cnc1NC. The fourth-order valence-electron chi connectivity index (χ4n) is 1.80. The molecule has 0 bridgehead atoms. The molecule has 0 aromatic carbocycles. The molecule has 1 N–H and O–H groups in total. The number of nitrogens with zero attached hydrogens (tertiary/aromatic N) is 2. The van der Waals surface area contributed by atoms with Gasteiger partial charge in [-0.3, -0.25) is 4.79 Å². The molecule has 0 aliphatic carbocycles. The third kappa shape index (κ3) is 3.18. The lowest BCUT2D eigenvalue weighted by atomic mass is 10.1. The lowest BCUT2D eigenvalue weighted by molar-refractivity contribution is 0.0737. The highest BCUT2D eigenvalue weighted by atomic mass is 19.1. The van der Waals surface area contributed by atoms with Gasteiger partial charge in [-0.25, -0.2) is 9.37 Å². The predicted octanol–water partition coefficient (Wildman–Crippen LogP) is 2.52. The first-order chi connectivity index (χ1) is 8.51. The first kappa shape index (κ1) is 14.4. The van der Waals surface area contributed by atoms with Crippen LogP contribution >= 0.6 is 0 Å². The van der Waals surface area contributed by atoms with Gasteiger partial charge in [-0.2, -0.15) is 0 Å². The van der Waals surface area contributed by atoms with Crippen LogP contribution in [0.5, 0.6) is 0 Å². The smallest absolute Gasteiger partial charge is 0.257 e. The van der Waals surface area contributed by atoms with Crippen LogP contribution in [0.25, 0.3) is 0 Å². The summed E-state index contributed by atoms with van der Waals surface area (Å²) in [6.45, 7) is 4.05. The van der Waals surface area contributed by atoms with Crippen molar-refractivity contribution in [3.05, 3.63) is 23.6 Å². The molecule has 18 heavy (non-hydrogen) atoms. The van der Waals surface area contributed by atoms with E-state index in [0.29, 0.717) is 5.82 Å². The number of hydrogen-bond acceptors (Lipinski definition) is 3. The topological polar surface area (TPSA) is 45.2 Å². The second-order valence-corrected chi connectivity index (χ2v) is 4.35. The molecule has 0 spiro atoms. The van der Waals surface area contributed by atoms with Crippen molar-refractivity contribution >= 4 is 11.7 Å². The number of pyridine rings is 1. The monoisotopic (exact) mass is 253 g/mol. The van der Waals surface area contributed by atoms with Gasteiger partial charge >= 0.3 is 0 Å². The summed E-state index contributed by atoms with van der Waals surface area (Å²) in [5, 5.41) is 2.80. The molecule has 1 rings (SSSR count). The van der Waals surface area contributed by atoms with Gasteiger partial charge in [0.2, 0.25) is 0 Å². The van der Waals surface area contributed by atoms with E-state index in [0.717, 1.165) is 19.0 Å². The van der Waals surface area contributed by atoms with Gasteiger partial charge in [-0.1, -0.05) is 13.3 Å². The van der Waals surface area contributed by atoms with E-state index < -0.39 is 5.82 Å². The van der Waals surface area contributed by atoms with Crippen molar-refractivity contribution in [3.63, 3.8) is 0 Å². The number of hydrogen-bond donors (Lipinski definition) is 1. The van der Waals surface area contributed by atoms with E-state index in [9.17, 15) is 9.18 Å². The van der Waals surface area contributed by atoms with Gasteiger partial charge in [-0.15, -0.1) is 0 Å². The van der Waals surface area contributed by atoms with Gasteiger partial charge < -0.3 is 10.2 Å². The highest BCUT2D eigenvalue weighted by molar-refractivity contribution is 5.98. The third-order valence-corrected chi connectivity index (χ3v) is 3.01. The number of aromatic nitrogens is 1. The van der Waals surface area contributed by atoms with Crippen molar-refractivity contribution < 1.29 is 9.18 Å². The lowest BCUT2D eigenvalue weighted by Crippen LogP contribution is -2.35. The minimum Gasteiger partial charge on any atom is -0.372 e. The molecule has 1 aromatic heterocycles. The van der Waals surface area contributed by atoms with Crippen LogP contribution in [0.3, 0.4) is 0 Å². The largest absolute Gasteiger partial charge is 0.372 e. The summed E-state index contributed by atoms with van der Waals surface area (Å²) in [7, 11) is 3.39. The Morgan fingerprint density at radius 1 is 1.61 bits per heavy atom. The minimum atomic E-state index is -0.506. The van der Waals surface area contributed by atoms with Gasteiger partial charge in [0, 0.05) is 20.1 Å². The minimum absolute atomic E-state index is 0.121. The summed E-state index contributed by atoms with van der Waals surface area (Å²) in [5.41, 5.74) is 0.267. The number of amides is 1. The van der Waals surface area contributed by atoms with Gasteiger partial charge in [0.25, 0.3) is 5.91 Å². The van der Waals surface area contributed by atoms with E-state index >= 15 is 0 Å². The molecule has 5 heteroatoms. The molecule has 1 unspecified atom stereocenters. The summed E-state index contributed by atoms with van der Waals surface area (Å²) in [6, 6.07) is 1.34. The highest BCUT2D eigenvalue weighted by Gasteiger charge is 2.20. The van der Waals surface area contributed by atoms with Crippen LogP contribution in [-0.4, -0.2) is 35.9 Å². The summed E-state index contributed by atoms with van der Waals surface area (Å²) in [4.78, 5) is 17.8. The number of carbonyl (C=O) groups excluding carboxylic acids is 1. The maximum absolute atomic E-state index is 13.2. The molecule has 0 saturated carbocycles. The molecule has 1 atom stereocenters. The molecule has 100 valence electrons. The Morgan fingerprint density at radius 3 is 2.83 bits per heavy atom. The Morgan fingerprint density at radius 2 is 2.28 bits per heavy atom. The molecule has 1 heterocycles. The fourth-order valence-corrected chi connectivity index (χ4v) is 1.80. The van der Waals surface area contributed by atoms with Crippen molar-refractivity contribution in [2.75, 3.05) is 19.4 Å². The maximum Gasteiger partial charge on any atom is 0.257 e. The van der Waals surface area contributed by atoms with E-state index in [1.807, 2.05) is 6.92 Å². The number of nitrogens with one attached hydrogen (secondary N) is 1. The second kappa shape index (κ2) is 6.33. The summed E-state index contributed by atoms with van der Waals surface area (Å²) in [5.74, 6) is -0.321. The van der Waals surface area contributed by atoms with Crippen molar-refractivity contribution in [1.82, 2.24) is 9.88 Å². The van der Waals surface area contributed by atoms with Gasteiger partial charge in [0.1, 0.15) is 11.6 Å². The molecule has 0 fully saturated rings. The molecule has 1 amide bonds. The maximum atomic E-state index is 13.2. The van der Waals surface area contributed by atoms with Crippen molar-refractivity contribution in [1.29, 1.82) is 0 Å². The predicted molar refractivity (Wildman–Crippen MR) is 70.2 cm³/mol. The van der Waals surface area contributed by atoms with Crippen molar-refractivity contribution in [2.45, 2.75) is 32.7 Å². The van der Waals surface area contributed by atoms with Crippen LogP contribution in [0.4, 0.5) is 10.2 Å². The molecular weight excluding hydrogens is 233 g/mol. The molecule has 0 saturated heterocycles. The Bertz CT molecular complexity index is 423. The number of anilines is 1. The van der Waals surface area contributed by atoms with E-state index in [1.165, 1.54) is 6.07 Å². The normalized spacial score (nSPS) is 12.1. The van der Waals surface area contributed by atoms with E-state index in [-0.39, 0.29) is 17.5 Å². The van der Waals surface area contributed by atoms with Crippen LogP contribution in [-0.2, 0) is 0 Å². The lowest BCUT2D eigenvalue weighted by Gasteiger charge is -2.25. The Labute approximate surface area is 107 Å². The van der Waals surface area contributed by atoms with Crippen LogP contribution in [0.1, 0.15) is 37.0 Å². The Kier molecular flexibility index (Phi) is 5.07. The van der Waals surface area contributed by atoms with Crippen molar-refractivity contribution in [3.8, 4) is 0 Å². The van der Waals surface area contributed by atoms with Crippen LogP contribution in [0, 0.1) is 5.82 Å². The summed E-state index contributed by atoms with van der Waals surface area (Å²) >= 11 is 0. The molecule has 4 nitrogen and oxygen atoms in total.